The van der Waals surface area contributed by atoms with Crippen LogP contribution in [0.25, 0.3) is 0 Å². The second kappa shape index (κ2) is 7.63. The summed E-state index contributed by atoms with van der Waals surface area (Å²) in [5, 5.41) is 11.7. The quantitative estimate of drug-likeness (QED) is 0.603. The molecule has 9 nitrogen and oxygen atoms in total. The fourth-order valence-electron chi connectivity index (χ4n) is 2.05. The Labute approximate surface area is 147 Å². The molecule has 1 aliphatic heterocycles. The summed E-state index contributed by atoms with van der Waals surface area (Å²) in [6.07, 6.45) is 0. The number of urea groups is 1. The van der Waals surface area contributed by atoms with Crippen LogP contribution in [-0.2, 0) is 19.1 Å². The van der Waals surface area contributed by atoms with Gasteiger partial charge in [-0.05, 0) is 18.2 Å². The first-order valence-corrected chi connectivity index (χ1v) is 7.40. The van der Waals surface area contributed by atoms with Crippen LogP contribution in [0, 0.1) is 11.3 Å². The van der Waals surface area contributed by atoms with Crippen LogP contribution in [-0.4, -0.2) is 60.4 Å². The molecule has 0 saturated carbocycles. The number of esters is 1. The van der Waals surface area contributed by atoms with E-state index in [1.54, 1.807) is 0 Å². The van der Waals surface area contributed by atoms with E-state index in [1.165, 1.54) is 25.2 Å². The zero-order valence-electron chi connectivity index (χ0n) is 13.1. The third-order valence-electron chi connectivity index (χ3n) is 3.26. The summed E-state index contributed by atoms with van der Waals surface area (Å²) in [6, 6.07) is 5.60. The van der Waals surface area contributed by atoms with Crippen LogP contribution < -0.4 is 5.32 Å². The van der Waals surface area contributed by atoms with Gasteiger partial charge in [0.25, 0.3) is 11.8 Å². The first-order valence-electron chi connectivity index (χ1n) is 7.02. The van der Waals surface area contributed by atoms with Crippen molar-refractivity contribution in [3.63, 3.8) is 0 Å². The lowest BCUT2D eigenvalue weighted by Gasteiger charge is -2.13. The Kier molecular flexibility index (Phi) is 5.56. The van der Waals surface area contributed by atoms with Gasteiger partial charge in [0.15, 0.2) is 6.61 Å². The standard InChI is InChI=1S/C15H13ClN4O5/c1-19-6-13(22)20(15(19)24)7-14(23)25-8-12(21)18-11-4-10(16)3-2-9(11)5-17/h2-4H,6-8H2,1H3,(H,18,21). The number of nitrogens with one attached hydrogen (secondary N) is 1. The molecule has 0 atom stereocenters. The lowest BCUT2D eigenvalue weighted by molar-refractivity contribution is -0.149. The van der Waals surface area contributed by atoms with Crippen LogP contribution in [0.4, 0.5) is 10.5 Å². The number of anilines is 1. The number of carbonyl (C=O) groups excluding carboxylic acids is 4. The SMILES string of the molecule is CN1CC(=O)N(CC(=O)OCC(=O)Nc2cc(Cl)ccc2C#N)C1=O. The van der Waals surface area contributed by atoms with Crippen LogP contribution >= 0.6 is 11.6 Å². The number of halogens is 1. The molecule has 0 aromatic heterocycles. The van der Waals surface area contributed by atoms with Gasteiger partial charge in [-0.25, -0.2) is 4.79 Å². The molecule has 0 unspecified atom stereocenters. The number of likely N-dealkylation sites (N-methyl/N-ethyl adjacent to an activating group) is 1. The topological polar surface area (TPSA) is 120 Å². The van der Waals surface area contributed by atoms with Crippen LogP contribution in [0.2, 0.25) is 5.02 Å². The number of nitriles is 1. The Bertz CT molecular complexity index is 789. The van der Waals surface area contributed by atoms with Gasteiger partial charge in [-0.2, -0.15) is 5.26 Å². The molecule has 4 amide bonds. The van der Waals surface area contributed by atoms with Gasteiger partial charge in [0, 0.05) is 12.1 Å². The predicted molar refractivity (Wildman–Crippen MR) is 85.5 cm³/mol. The molecule has 0 bridgehead atoms. The molecule has 2 rings (SSSR count). The summed E-state index contributed by atoms with van der Waals surface area (Å²) in [5.41, 5.74) is 0.378. The first kappa shape index (κ1) is 18.2. The highest BCUT2D eigenvalue weighted by molar-refractivity contribution is 6.31. The molecule has 1 aromatic rings. The van der Waals surface area contributed by atoms with E-state index in [1.807, 2.05) is 6.07 Å². The Morgan fingerprint density at radius 2 is 2.12 bits per heavy atom. The van der Waals surface area contributed by atoms with Gasteiger partial charge >= 0.3 is 12.0 Å². The summed E-state index contributed by atoms with van der Waals surface area (Å²) in [4.78, 5) is 48.6. The van der Waals surface area contributed by atoms with E-state index in [4.69, 9.17) is 21.6 Å². The molecular weight excluding hydrogens is 352 g/mol. The third-order valence-corrected chi connectivity index (χ3v) is 3.49. The van der Waals surface area contributed by atoms with Gasteiger partial charge in [-0.15, -0.1) is 0 Å². The minimum absolute atomic E-state index is 0.113. The van der Waals surface area contributed by atoms with Crippen molar-refractivity contribution in [2.24, 2.45) is 0 Å². The number of benzene rings is 1. The van der Waals surface area contributed by atoms with Crippen molar-refractivity contribution in [3.8, 4) is 6.07 Å². The zero-order chi connectivity index (χ0) is 18.6. The van der Waals surface area contributed by atoms with Crippen molar-refractivity contribution < 1.29 is 23.9 Å². The highest BCUT2D eigenvalue weighted by Gasteiger charge is 2.35. The molecule has 130 valence electrons. The van der Waals surface area contributed by atoms with Gasteiger partial charge in [0.2, 0.25) is 0 Å². The van der Waals surface area contributed by atoms with Crippen molar-refractivity contribution in [2.75, 3.05) is 32.1 Å². The largest absolute Gasteiger partial charge is 0.454 e. The molecule has 10 heteroatoms. The average Bonchev–Trinajstić information content (AvgIpc) is 2.79. The van der Waals surface area contributed by atoms with Crippen molar-refractivity contribution in [1.82, 2.24) is 9.80 Å². The van der Waals surface area contributed by atoms with Gasteiger partial charge in [-0.1, -0.05) is 11.6 Å². The highest BCUT2D eigenvalue weighted by Crippen LogP contribution is 2.20. The van der Waals surface area contributed by atoms with E-state index in [-0.39, 0.29) is 17.8 Å². The predicted octanol–water partition coefficient (Wildman–Crippen LogP) is 0.587. The fourth-order valence-corrected chi connectivity index (χ4v) is 2.22. The minimum Gasteiger partial charge on any atom is -0.454 e. The van der Waals surface area contributed by atoms with Crippen LogP contribution in [0.15, 0.2) is 18.2 Å². The van der Waals surface area contributed by atoms with E-state index >= 15 is 0 Å². The molecule has 1 saturated heterocycles. The summed E-state index contributed by atoms with van der Waals surface area (Å²) in [7, 11) is 1.43. The lowest BCUT2D eigenvalue weighted by atomic mass is 10.2. The van der Waals surface area contributed by atoms with Gasteiger partial charge in [-0.3, -0.25) is 19.3 Å². The molecule has 1 fully saturated rings. The zero-order valence-corrected chi connectivity index (χ0v) is 13.9. The second-order valence-electron chi connectivity index (χ2n) is 5.13. The number of hydrogen-bond donors (Lipinski definition) is 1. The maximum absolute atomic E-state index is 11.8. The van der Waals surface area contributed by atoms with E-state index in [0.29, 0.717) is 5.02 Å². The first-order chi connectivity index (χ1) is 11.8. The number of hydrogen-bond acceptors (Lipinski definition) is 6. The van der Waals surface area contributed by atoms with Gasteiger partial charge in [0.1, 0.15) is 19.2 Å². The maximum Gasteiger partial charge on any atom is 0.327 e. The number of ether oxygens (including phenoxy) is 1. The number of amides is 4. The third kappa shape index (κ3) is 4.45. The van der Waals surface area contributed by atoms with Crippen LogP contribution in [0.3, 0.4) is 0 Å². The number of imide groups is 1. The molecule has 1 N–H and O–H groups in total. The summed E-state index contributed by atoms with van der Waals surface area (Å²) >= 11 is 5.80. The van der Waals surface area contributed by atoms with Gasteiger partial charge in [0.05, 0.1) is 11.3 Å². The van der Waals surface area contributed by atoms with E-state index in [2.05, 4.69) is 5.32 Å². The molecule has 0 radical (unpaired) electrons. The maximum atomic E-state index is 11.8. The molecule has 1 aliphatic rings. The molecule has 25 heavy (non-hydrogen) atoms. The number of nitrogens with zero attached hydrogens (tertiary/aromatic N) is 3. The van der Waals surface area contributed by atoms with E-state index < -0.39 is 37.0 Å². The minimum atomic E-state index is -0.904. The molecule has 1 aromatic carbocycles. The van der Waals surface area contributed by atoms with Crippen molar-refractivity contribution >= 4 is 41.1 Å². The molecular formula is C15H13ClN4O5. The Hall–Kier alpha value is -3.12. The Morgan fingerprint density at radius 3 is 2.72 bits per heavy atom. The molecule has 0 spiro atoms. The van der Waals surface area contributed by atoms with Gasteiger partial charge < -0.3 is 15.0 Å². The average molecular weight is 365 g/mol. The summed E-state index contributed by atoms with van der Waals surface area (Å²) in [5.74, 6) is -2.12. The molecule has 0 aliphatic carbocycles. The van der Waals surface area contributed by atoms with Crippen molar-refractivity contribution in [1.29, 1.82) is 5.26 Å². The monoisotopic (exact) mass is 364 g/mol. The summed E-state index contributed by atoms with van der Waals surface area (Å²) in [6.45, 7) is -1.32. The van der Waals surface area contributed by atoms with Crippen molar-refractivity contribution in [2.45, 2.75) is 0 Å². The second-order valence-corrected chi connectivity index (χ2v) is 5.57. The lowest BCUT2D eigenvalue weighted by Crippen LogP contribution is -2.37. The Morgan fingerprint density at radius 1 is 1.40 bits per heavy atom. The normalized spacial score (nSPS) is 13.6. The fraction of sp³-hybridized carbons (Fsp3) is 0.267. The smallest absolute Gasteiger partial charge is 0.327 e. The van der Waals surface area contributed by atoms with E-state index in [9.17, 15) is 19.2 Å². The van der Waals surface area contributed by atoms with E-state index in [0.717, 1.165) is 9.80 Å². The number of carbonyl (C=O) groups is 4. The Balaban J connectivity index is 1.87. The number of rotatable bonds is 5. The van der Waals surface area contributed by atoms with Crippen LogP contribution in [0.5, 0.6) is 0 Å². The summed E-state index contributed by atoms with van der Waals surface area (Å²) < 4.78 is 4.74. The van der Waals surface area contributed by atoms with Crippen LogP contribution in [0.1, 0.15) is 5.56 Å². The highest BCUT2D eigenvalue weighted by atomic mass is 35.5. The molecule has 1 heterocycles. The van der Waals surface area contributed by atoms with Crippen molar-refractivity contribution in [3.05, 3.63) is 28.8 Å².